The Kier molecular flexibility index (Phi) is 6.69. The molecule has 1 aromatic carbocycles. The maximum atomic E-state index is 11.9. The molecule has 1 fully saturated rings. The Morgan fingerprint density at radius 2 is 1.67 bits per heavy atom. The second-order valence-electron chi connectivity index (χ2n) is 8.11. The number of benzene rings is 1. The van der Waals surface area contributed by atoms with E-state index < -0.39 is 5.91 Å². The van der Waals surface area contributed by atoms with E-state index in [-0.39, 0.29) is 16.9 Å². The van der Waals surface area contributed by atoms with Crippen LogP contribution in [0.4, 0.5) is 23.0 Å². The number of hydrazine groups is 1. The first-order valence-electron chi connectivity index (χ1n) is 9.82. The van der Waals surface area contributed by atoms with Crippen LogP contribution in [0.3, 0.4) is 0 Å². The Morgan fingerprint density at radius 1 is 1.07 bits per heavy atom. The fraction of sp³-hybridized carbons (Fsp3) is 0.450. The molecule has 1 aliphatic heterocycles. The van der Waals surface area contributed by atoms with E-state index in [2.05, 4.69) is 63.4 Å². The molecule has 0 saturated carbocycles. The average molecular weight is 431 g/mol. The fourth-order valence-electron chi connectivity index (χ4n) is 3.49. The van der Waals surface area contributed by atoms with Gasteiger partial charge in [-0.2, -0.15) is 0 Å². The third-order valence-electron chi connectivity index (χ3n) is 5.18. The number of nitrogens with two attached hydrogens (primary N) is 2. The van der Waals surface area contributed by atoms with Crippen molar-refractivity contribution in [2.45, 2.75) is 31.5 Å². The van der Waals surface area contributed by atoms with E-state index in [9.17, 15) is 4.79 Å². The lowest BCUT2D eigenvalue weighted by molar-refractivity contribution is 0.100. The van der Waals surface area contributed by atoms with Gasteiger partial charge in [0.1, 0.15) is 11.4 Å². The first kappa shape index (κ1) is 22.1. The van der Waals surface area contributed by atoms with E-state index in [0.29, 0.717) is 11.0 Å². The number of hydrogen-bond acceptors (Lipinski definition) is 9. The van der Waals surface area contributed by atoms with E-state index in [0.717, 1.165) is 31.9 Å². The predicted molar refractivity (Wildman–Crippen MR) is 123 cm³/mol. The van der Waals surface area contributed by atoms with E-state index >= 15 is 0 Å². The molecular weight excluding hydrogens is 400 g/mol. The molecule has 0 radical (unpaired) electrons. The van der Waals surface area contributed by atoms with Crippen LogP contribution in [0.5, 0.6) is 0 Å². The molecule has 10 heteroatoms. The summed E-state index contributed by atoms with van der Waals surface area (Å²) < 4.78 is 0. The highest BCUT2D eigenvalue weighted by molar-refractivity contribution is 7.98. The number of nitrogens with one attached hydrogen (secondary N) is 2. The first-order valence-corrected chi connectivity index (χ1v) is 11.0. The lowest BCUT2D eigenvalue weighted by atomic mass is 10.0. The topological polar surface area (TPSA) is 125 Å². The van der Waals surface area contributed by atoms with Crippen LogP contribution in [0.25, 0.3) is 0 Å². The zero-order chi connectivity index (χ0) is 21.9. The Bertz CT molecular complexity index is 889. The zero-order valence-electron chi connectivity index (χ0n) is 17.9. The van der Waals surface area contributed by atoms with Gasteiger partial charge in [0.05, 0.1) is 0 Å². The summed E-state index contributed by atoms with van der Waals surface area (Å²) >= 11 is 1.35. The van der Waals surface area contributed by atoms with Gasteiger partial charge >= 0.3 is 0 Å². The molecule has 0 spiro atoms. The molecule has 2 aromatic rings. The molecule has 2 heterocycles. The van der Waals surface area contributed by atoms with Gasteiger partial charge in [-0.25, -0.2) is 15.8 Å². The maximum absolute atomic E-state index is 11.9. The van der Waals surface area contributed by atoms with Crippen molar-refractivity contribution >= 4 is 40.7 Å². The molecule has 6 N–H and O–H groups in total. The van der Waals surface area contributed by atoms with Crippen LogP contribution in [0.1, 0.15) is 31.1 Å². The summed E-state index contributed by atoms with van der Waals surface area (Å²) in [6.45, 7) is 10.8. The number of carbonyl (C=O) groups excluding carboxylic acids is 1. The van der Waals surface area contributed by atoms with Gasteiger partial charge in [0.2, 0.25) is 0 Å². The van der Waals surface area contributed by atoms with Gasteiger partial charge < -0.3 is 21.4 Å². The van der Waals surface area contributed by atoms with Crippen molar-refractivity contribution in [3.8, 4) is 0 Å². The van der Waals surface area contributed by atoms with Crippen molar-refractivity contribution in [2.24, 2.45) is 11.6 Å². The molecule has 30 heavy (non-hydrogen) atoms. The molecule has 1 saturated heterocycles. The Morgan fingerprint density at radius 3 is 2.17 bits per heavy atom. The summed E-state index contributed by atoms with van der Waals surface area (Å²) in [4.78, 5) is 25.4. The number of nitrogens with zero attached hydrogens (tertiary/aromatic N) is 4. The van der Waals surface area contributed by atoms with Gasteiger partial charge in [0, 0.05) is 43.1 Å². The van der Waals surface area contributed by atoms with Crippen molar-refractivity contribution < 1.29 is 4.79 Å². The molecule has 0 bridgehead atoms. The highest BCUT2D eigenvalue weighted by atomic mass is 32.2. The summed E-state index contributed by atoms with van der Waals surface area (Å²) in [6, 6.07) is 8.06. The quantitative estimate of drug-likeness (QED) is 0.236. The van der Waals surface area contributed by atoms with Crippen LogP contribution in [-0.2, 0) is 0 Å². The molecule has 162 valence electrons. The van der Waals surface area contributed by atoms with Crippen LogP contribution >= 0.6 is 11.8 Å². The normalized spacial score (nSPS) is 15.2. The SMILES string of the molecule is CSc1nc(NN)c(C(N)=O)c(Nc2ccc(N3CCN(C(C)(C)C)CC3)cc2)n1. The molecule has 9 nitrogen and oxygen atoms in total. The third-order valence-corrected chi connectivity index (χ3v) is 5.73. The molecule has 0 atom stereocenters. The minimum atomic E-state index is -0.661. The van der Waals surface area contributed by atoms with Crippen LogP contribution in [-0.4, -0.2) is 58.7 Å². The summed E-state index contributed by atoms with van der Waals surface area (Å²) in [7, 11) is 0. The maximum Gasteiger partial charge on any atom is 0.256 e. The van der Waals surface area contributed by atoms with Crippen molar-refractivity contribution in [3.05, 3.63) is 29.8 Å². The number of primary amides is 1. The average Bonchev–Trinajstić information content (AvgIpc) is 2.73. The molecule has 3 rings (SSSR count). The van der Waals surface area contributed by atoms with Crippen molar-refractivity contribution in [1.29, 1.82) is 0 Å². The summed E-state index contributed by atoms with van der Waals surface area (Å²) in [6.07, 6.45) is 1.84. The Balaban J connectivity index is 1.76. The number of amides is 1. The van der Waals surface area contributed by atoms with Gasteiger partial charge in [-0.15, -0.1) is 0 Å². The molecule has 1 aliphatic rings. The molecular formula is C20H30N8OS. The number of carbonyl (C=O) groups is 1. The zero-order valence-corrected chi connectivity index (χ0v) is 18.7. The molecule has 0 unspecified atom stereocenters. The number of thioether (sulfide) groups is 1. The summed E-state index contributed by atoms with van der Waals surface area (Å²) in [5.74, 6) is 5.37. The number of nitrogen functional groups attached to an aromatic ring is 1. The Labute approximate surface area is 181 Å². The van der Waals surface area contributed by atoms with Crippen molar-refractivity contribution in [1.82, 2.24) is 14.9 Å². The Hall–Kier alpha value is -2.56. The summed E-state index contributed by atoms with van der Waals surface area (Å²) in [5.41, 5.74) is 10.2. The lowest BCUT2D eigenvalue weighted by Crippen LogP contribution is -2.53. The van der Waals surface area contributed by atoms with Gasteiger partial charge in [-0.05, 0) is 51.3 Å². The predicted octanol–water partition coefficient (Wildman–Crippen LogP) is 2.25. The highest BCUT2D eigenvalue weighted by Gasteiger charge is 2.26. The van der Waals surface area contributed by atoms with E-state index in [1.165, 1.54) is 17.4 Å². The number of piperazine rings is 1. The molecule has 0 aliphatic carbocycles. The summed E-state index contributed by atoms with van der Waals surface area (Å²) in [5, 5.41) is 3.65. The number of aromatic nitrogens is 2. The molecule has 1 amide bonds. The van der Waals surface area contributed by atoms with Gasteiger partial charge in [0.15, 0.2) is 11.0 Å². The standard InChI is InChI=1S/C20H30N8OS/c1-20(2,3)28-11-9-27(10-12-28)14-7-5-13(6-8-14)23-17-15(16(21)29)18(26-22)25-19(24-17)30-4/h5-8H,9-12,22H2,1-4H3,(H2,21,29)(H2,23,24,25,26). The van der Waals surface area contributed by atoms with Crippen LogP contribution in [0.2, 0.25) is 0 Å². The van der Waals surface area contributed by atoms with Crippen LogP contribution < -0.4 is 27.2 Å². The van der Waals surface area contributed by atoms with Gasteiger partial charge in [-0.1, -0.05) is 11.8 Å². The fourth-order valence-corrected chi connectivity index (χ4v) is 3.85. The van der Waals surface area contributed by atoms with Crippen molar-refractivity contribution in [3.63, 3.8) is 0 Å². The third kappa shape index (κ3) is 4.94. The second kappa shape index (κ2) is 9.07. The minimum absolute atomic E-state index is 0.123. The monoisotopic (exact) mass is 430 g/mol. The van der Waals surface area contributed by atoms with Crippen molar-refractivity contribution in [2.75, 3.05) is 48.1 Å². The number of anilines is 4. The van der Waals surface area contributed by atoms with E-state index in [1.807, 2.05) is 18.4 Å². The number of hydrogen-bond donors (Lipinski definition) is 4. The van der Waals surface area contributed by atoms with E-state index in [4.69, 9.17) is 11.6 Å². The molecule has 1 aromatic heterocycles. The highest BCUT2D eigenvalue weighted by Crippen LogP contribution is 2.28. The van der Waals surface area contributed by atoms with Crippen LogP contribution in [0, 0.1) is 0 Å². The first-order chi connectivity index (χ1) is 14.2. The van der Waals surface area contributed by atoms with E-state index in [1.54, 1.807) is 0 Å². The lowest BCUT2D eigenvalue weighted by Gasteiger charge is -2.43. The smallest absolute Gasteiger partial charge is 0.256 e. The second-order valence-corrected chi connectivity index (χ2v) is 8.88. The van der Waals surface area contributed by atoms with Crippen LogP contribution in [0.15, 0.2) is 29.4 Å². The van der Waals surface area contributed by atoms with Gasteiger partial charge in [0.25, 0.3) is 5.91 Å². The van der Waals surface area contributed by atoms with Gasteiger partial charge in [-0.3, -0.25) is 9.69 Å². The number of rotatable bonds is 6. The largest absolute Gasteiger partial charge is 0.369 e. The minimum Gasteiger partial charge on any atom is -0.369 e.